The molecule has 0 saturated heterocycles. The SMILES string of the molecule is NC1(Cc2ccc(F)c(Cl)c2)CCc2cc(F)ccc21. The maximum atomic E-state index is 13.2. The predicted molar refractivity (Wildman–Crippen MR) is 75.7 cm³/mol. The Morgan fingerprint density at radius 1 is 1.15 bits per heavy atom. The molecule has 1 unspecified atom stereocenters. The lowest BCUT2D eigenvalue weighted by Crippen LogP contribution is -2.36. The molecule has 4 heteroatoms. The van der Waals surface area contributed by atoms with Crippen LogP contribution in [0.5, 0.6) is 0 Å². The van der Waals surface area contributed by atoms with Crippen LogP contribution >= 0.6 is 11.6 Å². The van der Waals surface area contributed by atoms with Gasteiger partial charge in [0.05, 0.1) is 5.02 Å². The van der Waals surface area contributed by atoms with Crippen LogP contribution in [0.3, 0.4) is 0 Å². The van der Waals surface area contributed by atoms with E-state index in [9.17, 15) is 8.78 Å². The van der Waals surface area contributed by atoms with Gasteiger partial charge in [0.2, 0.25) is 0 Å². The Kier molecular flexibility index (Phi) is 3.27. The average molecular weight is 294 g/mol. The van der Waals surface area contributed by atoms with E-state index in [1.54, 1.807) is 24.3 Å². The second kappa shape index (κ2) is 4.83. The van der Waals surface area contributed by atoms with Crippen molar-refractivity contribution < 1.29 is 8.78 Å². The van der Waals surface area contributed by atoms with Gasteiger partial charge in [-0.15, -0.1) is 0 Å². The van der Waals surface area contributed by atoms with E-state index >= 15 is 0 Å². The highest BCUT2D eigenvalue weighted by molar-refractivity contribution is 6.30. The summed E-state index contributed by atoms with van der Waals surface area (Å²) in [5.41, 5.74) is 8.76. The maximum Gasteiger partial charge on any atom is 0.141 e. The minimum Gasteiger partial charge on any atom is -0.321 e. The fourth-order valence-electron chi connectivity index (χ4n) is 2.94. The first-order valence-electron chi connectivity index (χ1n) is 6.50. The molecule has 0 amide bonds. The van der Waals surface area contributed by atoms with Crippen molar-refractivity contribution in [1.82, 2.24) is 0 Å². The van der Waals surface area contributed by atoms with Crippen molar-refractivity contribution in [3.8, 4) is 0 Å². The van der Waals surface area contributed by atoms with Gasteiger partial charge in [0.15, 0.2) is 0 Å². The molecule has 0 aromatic heterocycles. The number of fused-ring (bicyclic) bond motifs is 1. The molecule has 3 rings (SSSR count). The second-order valence-corrected chi connectivity index (χ2v) is 5.79. The van der Waals surface area contributed by atoms with Crippen LogP contribution in [0.15, 0.2) is 36.4 Å². The first-order valence-corrected chi connectivity index (χ1v) is 6.87. The molecule has 0 saturated carbocycles. The number of hydrogen-bond donors (Lipinski definition) is 1. The zero-order valence-corrected chi connectivity index (χ0v) is 11.6. The molecule has 2 aromatic carbocycles. The average Bonchev–Trinajstić information content (AvgIpc) is 2.71. The van der Waals surface area contributed by atoms with Crippen molar-refractivity contribution in [2.24, 2.45) is 5.73 Å². The van der Waals surface area contributed by atoms with Gasteiger partial charge in [0.1, 0.15) is 11.6 Å². The van der Waals surface area contributed by atoms with Crippen LogP contribution in [-0.2, 0) is 18.4 Å². The van der Waals surface area contributed by atoms with E-state index in [1.807, 2.05) is 0 Å². The summed E-state index contributed by atoms with van der Waals surface area (Å²) in [6.07, 6.45) is 2.07. The van der Waals surface area contributed by atoms with Crippen molar-refractivity contribution in [3.63, 3.8) is 0 Å². The first kappa shape index (κ1) is 13.5. The van der Waals surface area contributed by atoms with Gasteiger partial charge in [0, 0.05) is 5.54 Å². The highest BCUT2D eigenvalue weighted by Gasteiger charge is 2.35. The lowest BCUT2D eigenvalue weighted by molar-refractivity contribution is 0.438. The molecule has 2 N–H and O–H groups in total. The van der Waals surface area contributed by atoms with Gasteiger partial charge < -0.3 is 5.73 Å². The van der Waals surface area contributed by atoms with Gasteiger partial charge in [-0.1, -0.05) is 23.7 Å². The third-order valence-electron chi connectivity index (χ3n) is 3.95. The summed E-state index contributed by atoms with van der Waals surface area (Å²) in [4.78, 5) is 0. The van der Waals surface area contributed by atoms with E-state index < -0.39 is 11.4 Å². The number of halogens is 3. The standard InChI is InChI=1S/C16H14ClF2N/c17-14-7-10(1-4-15(14)19)9-16(20)6-5-11-8-12(18)2-3-13(11)16/h1-4,7-8H,5-6,9,20H2. The van der Waals surface area contributed by atoms with E-state index in [0.717, 1.165) is 29.5 Å². The van der Waals surface area contributed by atoms with E-state index in [1.165, 1.54) is 12.1 Å². The Morgan fingerprint density at radius 3 is 2.70 bits per heavy atom. The highest BCUT2D eigenvalue weighted by atomic mass is 35.5. The summed E-state index contributed by atoms with van der Waals surface area (Å²) in [5, 5.41) is 0.100. The van der Waals surface area contributed by atoms with Gasteiger partial charge in [-0.25, -0.2) is 8.78 Å². The second-order valence-electron chi connectivity index (χ2n) is 5.38. The predicted octanol–water partition coefficient (Wildman–Crippen LogP) is 3.96. The smallest absolute Gasteiger partial charge is 0.141 e. The zero-order chi connectivity index (χ0) is 14.3. The molecule has 20 heavy (non-hydrogen) atoms. The number of nitrogens with two attached hydrogens (primary N) is 1. The largest absolute Gasteiger partial charge is 0.321 e. The molecular weight excluding hydrogens is 280 g/mol. The van der Waals surface area contributed by atoms with Crippen LogP contribution < -0.4 is 5.73 Å². The minimum absolute atomic E-state index is 0.100. The minimum atomic E-state index is -0.538. The first-order chi connectivity index (χ1) is 9.48. The number of rotatable bonds is 2. The van der Waals surface area contributed by atoms with Crippen LogP contribution in [0.4, 0.5) is 8.78 Å². The monoisotopic (exact) mass is 293 g/mol. The van der Waals surface area contributed by atoms with Crippen molar-refractivity contribution in [2.75, 3.05) is 0 Å². The van der Waals surface area contributed by atoms with Crippen LogP contribution in [0.25, 0.3) is 0 Å². The molecule has 0 aliphatic heterocycles. The topological polar surface area (TPSA) is 26.0 Å². The lowest BCUT2D eigenvalue weighted by atomic mass is 9.86. The molecule has 0 fully saturated rings. The normalized spacial score (nSPS) is 21.0. The summed E-state index contributed by atoms with van der Waals surface area (Å²) in [6, 6.07) is 9.37. The molecule has 0 heterocycles. The van der Waals surface area contributed by atoms with Crippen molar-refractivity contribution in [1.29, 1.82) is 0 Å². The fraction of sp³-hybridized carbons (Fsp3) is 0.250. The Hall–Kier alpha value is -1.45. The number of benzene rings is 2. The number of aryl methyl sites for hydroxylation is 1. The Balaban J connectivity index is 1.93. The van der Waals surface area contributed by atoms with E-state index in [2.05, 4.69) is 0 Å². The molecule has 0 radical (unpaired) electrons. The van der Waals surface area contributed by atoms with Gasteiger partial charge >= 0.3 is 0 Å². The van der Waals surface area contributed by atoms with Crippen molar-refractivity contribution in [3.05, 3.63) is 69.7 Å². The molecule has 104 valence electrons. The molecule has 0 spiro atoms. The quantitative estimate of drug-likeness (QED) is 0.891. The summed E-state index contributed by atoms with van der Waals surface area (Å²) >= 11 is 5.80. The van der Waals surface area contributed by atoms with Crippen molar-refractivity contribution >= 4 is 11.6 Å². The van der Waals surface area contributed by atoms with Gasteiger partial charge in [-0.2, -0.15) is 0 Å². The lowest BCUT2D eigenvalue weighted by Gasteiger charge is -2.25. The van der Waals surface area contributed by atoms with E-state index in [4.69, 9.17) is 17.3 Å². The Labute approximate surface area is 121 Å². The summed E-state index contributed by atoms with van der Waals surface area (Å²) in [5.74, 6) is -0.673. The zero-order valence-electron chi connectivity index (χ0n) is 10.8. The van der Waals surface area contributed by atoms with Crippen LogP contribution in [0, 0.1) is 11.6 Å². The highest BCUT2D eigenvalue weighted by Crippen LogP contribution is 2.38. The molecular formula is C16H14ClF2N. The summed E-state index contributed by atoms with van der Waals surface area (Å²) in [7, 11) is 0. The molecule has 1 nitrogen and oxygen atoms in total. The third kappa shape index (κ3) is 2.32. The molecule has 0 bridgehead atoms. The third-order valence-corrected chi connectivity index (χ3v) is 4.24. The molecule has 2 aromatic rings. The molecule has 1 aliphatic rings. The Bertz CT molecular complexity index is 672. The Morgan fingerprint density at radius 2 is 1.95 bits per heavy atom. The fourth-order valence-corrected chi connectivity index (χ4v) is 3.15. The van der Waals surface area contributed by atoms with Gasteiger partial charge in [-0.3, -0.25) is 0 Å². The number of hydrogen-bond acceptors (Lipinski definition) is 1. The van der Waals surface area contributed by atoms with Crippen LogP contribution in [0.2, 0.25) is 5.02 Å². The molecule has 1 aliphatic carbocycles. The van der Waals surface area contributed by atoms with E-state index in [0.29, 0.717) is 6.42 Å². The van der Waals surface area contributed by atoms with Crippen molar-refractivity contribution in [2.45, 2.75) is 24.8 Å². The van der Waals surface area contributed by atoms with Gasteiger partial charge in [-0.05, 0) is 60.2 Å². The van der Waals surface area contributed by atoms with Crippen LogP contribution in [-0.4, -0.2) is 0 Å². The molecule has 1 atom stereocenters. The van der Waals surface area contributed by atoms with Crippen LogP contribution in [0.1, 0.15) is 23.1 Å². The maximum absolute atomic E-state index is 13.2. The summed E-state index contributed by atoms with van der Waals surface area (Å²) in [6.45, 7) is 0. The summed E-state index contributed by atoms with van der Waals surface area (Å²) < 4.78 is 26.4. The van der Waals surface area contributed by atoms with E-state index in [-0.39, 0.29) is 10.8 Å². The van der Waals surface area contributed by atoms with Gasteiger partial charge in [0.25, 0.3) is 0 Å².